The third-order valence-corrected chi connectivity index (χ3v) is 2.90. The highest BCUT2D eigenvalue weighted by Crippen LogP contribution is 2.28. The van der Waals surface area contributed by atoms with Crippen molar-refractivity contribution in [1.82, 2.24) is 24.3 Å². The maximum Gasteiger partial charge on any atom is 0.180 e. The molecule has 3 rings (SSSR count). The summed E-state index contributed by atoms with van der Waals surface area (Å²) in [5, 5.41) is 5.31. The number of fused-ring (bicyclic) bond motifs is 1. The minimum atomic E-state index is 0.718. The van der Waals surface area contributed by atoms with E-state index in [1.54, 1.807) is 24.3 Å². The van der Waals surface area contributed by atoms with Gasteiger partial charge in [0.15, 0.2) is 5.82 Å². The second kappa shape index (κ2) is 3.83. The minimum Gasteiger partial charge on any atom is -0.494 e. The molecule has 0 amide bonds. The van der Waals surface area contributed by atoms with Crippen LogP contribution in [0.25, 0.3) is 16.7 Å². The van der Waals surface area contributed by atoms with E-state index in [4.69, 9.17) is 4.74 Å². The van der Waals surface area contributed by atoms with Crippen molar-refractivity contribution in [2.45, 2.75) is 6.92 Å². The number of ether oxygens (including phenoxy) is 1. The van der Waals surface area contributed by atoms with Crippen LogP contribution in [0, 0.1) is 6.92 Å². The summed E-state index contributed by atoms with van der Waals surface area (Å²) in [6.45, 7) is 1.85. The molecule has 6 heteroatoms. The van der Waals surface area contributed by atoms with Gasteiger partial charge in [0.1, 0.15) is 17.9 Å². The van der Waals surface area contributed by atoms with Gasteiger partial charge in [-0.2, -0.15) is 5.10 Å². The first-order valence-corrected chi connectivity index (χ1v) is 5.57. The van der Waals surface area contributed by atoms with Crippen LogP contribution < -0.4 is 4.74 Å². The molecule has 0 radical (unpaired) electrons. The molecule has 0 aliphatic rings. The van der Waals surface area contributed by atoms with Crippen LogP contribution in [-0.2, 0) is 7.05 Å². The Hall–Kier alpha value is -2.37. The highest BCUT2D eigenvalue weighted by molar-refractivity contribution is 5.91. The van der Waals surface area contributed by atoms with Gasteiger partial charge in [0.2, 0.25) is 0 Å². The van der Waals surface area contributed by atoms with E-state index < -0.39 is 0 Å². The Bertz CT molecular complexity index is 712. The highest BCUT2D eigenvalue weighted by atomic mass is 16.5. The predicted octanol–water partition coefficient (Wildman–Crippen LogP) is 1.47. The maximum absolute atomic E-state index is 5.32. The average molecular weight is 243 g/mol. The van der Waals surface area contributed by atoms with Gasteiger partial charge in [0.05, 0.1) is 18.8 Å². The molecule has 0 atom stereocenters. The molecule has 0 saturated heterocycles. The summed E-state index contributed by atoms with van der Waals surface area (Å²) in [5.41, 5.74) is 0.972. The van der Waals surface area contributed by atoms with Crippen LogP contribution in [0.15, 0.2) is 24.8 Å². The van der Waals surface area contributed by atoms with Crippen molar-refractivity contribution in [1.29, 1.82) is 0 Å². The molecule has 3 heterocycles. The minimum absolute atomic E-state index is 0.718. The van der Waals surface area contributed by atoms with E-state index in [-0.39, 0.29) is 0 Å². The first kappa shape index (κ1) is 10.8. The number of pyridine rings is 1. The van der Waals surface area contributed by atoms with Crippen molar-refractivity contribution in [3.63, 3.8) is 0 Å². The summed E-state index contributed by atoms with van der Waals surface area (Å²) >= 11 is 0. The summed E-state index contributed by atoms with van der Waals surface area (Å²) < 4.78 is 8.99. The fraction of sp³-hybridized carbons (Fsp3) is 0.250. The molecular weight excluding hydrogens is 230 g/mol. The normalized spacial score (nSPS) is 11.1. The fourth-order valence-corrected chi connectivity index (χ4v) is 2.04. The van der Waals surface area contributed by atoms with Crippen molar-refractivity contribution < 1.29 is 4.74 Å². The molecule has 0 fully saturated rings. The first-order valence-electron chi connectivity index (χ1n) is 5.57. The van der Waals surface area contributed by atoms with Gasteiger partial charge in [-0.1, -0.05) is 0 Å². The summed E-state index contributed by atoms with van der Waals surface area (Å²) in [4.78, 5) is 8.54. The van der Waals surface area contributed by atoms with Crippen molar-refractivity contribution in [2.75, 3.05) is 7.11 Å². The smallest absolute Gasteiger partial charge is 0.180 e. The van der Waals surface area contributed by atoms with Crippen LogP contribution >= 0.6 is 0 Å². The molecule has 0 aliphatic carbocycles. The number of aryl methyl sites for hydroxylation is 2. The lowest BCUT2D eigenvalue weighted by Crippen LogP contribution is -2.02. The third kappa shape index (κ3) is 1.46. The Kier molecular flexibility index (Phi) is 2.29. The van der Waals surface area contributed by atoms with Crippen LogP contribution in [0.5, 0.6) is 5.75 Å². The molecular formula is C12H13N5O. The molecule has 0 aliphatic heterocycles. The van der Waals surface area contributed by atoms with Gasteiger partial charge in [-0.3, -0.25) is 0 Å². The second-order valence-corrected chi connectivity index (χ2v) is 4.08. The number of hydrogen-bond acceptors (Lipinski definition) is 4. The Morgan fingerprint density at radius 2 is 2.11 bits per heavy atom. The predicted molar refractivity (Wildman–Crippen MR) is 66.9 cm³/mol. The SMILES string of the molecule is COc1cnc(-n2cnc(C)n2)c2c1ccn2C. The third-order valence-electron chi connectivity index (χ3n) is 2.90. The molecule has 0 bridgehead atoms. The average Bonchev–Trinajstić information content (AvgIpc) is 2.96. The zero-order chi connectivity index (χ0) is 12.7. The van der Waals surface area contributed by atoms with Gasteiger partial charge in [-0.05, 0) is 13.0 Å². The van der Waals surface area contributed by atoms with E-state index >= 15 is 0 Å². The zero-order valence-electron chi connectivity index (χ0n) is 10.5. The summed E-state index contributed by atoms with van der Waals surface area (Å²) in [6.07, 6.45) is 5.34. The molecule has 92 valence electrons. The van der Waals surface area contributed by atoms with Crippen molar-refractivity contribution >= 4 is 10.9 Å². The Balaban J connectivity index is 2.33. The van der Waals surface area contributed by atoms with Crippen LogP contribution in [0.1, 0.15) is 5.82 Å². The quantitative estimate of drug-likeness (QED) is 0.684. The Morgan fingerprint density at radius 3 is 2.78 bits per heavy atom. The fourth-order valence-electron chi connectivity index (χ4n) is 2.04. The monoisotopic (exact) mass is 243 g/mol. The van der Waals surface area contributed by atoms with Gasteiger partial charge in [-0.25, -0.2) is 14.6 Å². The Morgan fingerprint density at radius 1 is 1.28 bits per heavy atom. The lowest BCUT2D eigenvalue weighted by Gasteiger charge is -2.07. The molecule has 0 spiro atoms. The highest BCUT2D eigenvalue weighted by Gasteiger charge is 2.13. The standard InChI is InChI=1S/C12H13N5O/c1-8-14-7-17(15-8)12-11-9(4-5-16(11)2)10(18-3)6-13-12/h4-7H,1-3H3. The number of nitrogens with zero attached hydrogens (tertiary/aromatic N) is 5. The topological polar surface area (TPSA) is 57.8 Å². The lowest BCUT2D eigenvalue weighted by atomic mass is 10.3. The van der Waals surface area contributed by atoms with E-state index in [0.717, 1.165) is 28.3 Å². The maximum atomic E-state index is 5.32. The lowest BCUT2D eigenvalue weighted by molar-refractivity contribution is 0.418. The van der Waals surface area contributed by atoms with Crippen LogP contribution in [-0.4, -0.2) is 31.4 Å². The van der Waals surface area contributed by atoms with E-state index in [9.17, 15) is 0 Å². The number of rotatable bonds is 2. The molecule has 0 saturated carbocycles. The summed E-state index contributed by atoms with van der Waals surface area (Å²) in [6, 6.07) is 2.00. The van der Waals surface area contributed by atoms with E-state index in [2.05, 4.69) is 15.1 Å². The van der Waals surface area contributed by atoms with Crippen LogP contribution in [0.2, 0.25) is 0 Å². The molecule has 3 aromatic rings. The number of aromatic nitrogens is 5. The first-order chi connectivity index (χ1) is 8.70. The van der Waals surface area contributed by atoms with E-state index in [0.29, 0.717) is 0 Å². The van der Waals surface area contributed by atoms with E-state index in [1.807, 2.05) is 30.8 Å². The largest absolute Gasteiger partial charge is 0.494 e. The molecule has 6 nitrogen and oxygen atoms in total. The van der Waals surface area contributed by atoms with Crippen LogP contribution in [0.4, 0.5) is 0 Å². The van der Waals surface area contributed by atoms with Gasteiger partial charge >= 0.3 is 0 Å². The van der Waals surface area contributed by atoms with Gasteiger partial charge in [0, 0.05) is 18.6 Å². The van der Waals surface area contributed by atoms with Crippen molar-refractivity contribution in [3.05, 3.63) is 30.6 Å². The Labute approximate surface area is 104 Å². The van der Waals surface area contributed by atoms with Gasteiger partial charge < -0.3 is 9.30 Å². The van der Waals surface area contributed by atoms with Gasteiger partial charge in [-0.15, -0.1) is 0 Å². The van der Waals surface area contributed by atoms with Gasteiger partial charge in [0.25, 0.3) is 0 Å². The van der Waals surface area contributed by atoms with Crippen molar-refractivity contribution in [3.8, 4) is 11.6 Å². The van der Waals surface area contributed by atoms with E-state index in [1.165, 1.54) is 0 Å². The molecule has 0 unspecified atom stereocenters. The van der Waals surface area contributed by atoms with Crippen LogP contribution in [0.3, 0.4) is 0 Å². The summed E-state index contributed by atoms with van der Waals surface area (Å²) in [7, 11) is 3.61. The molecule has 0 aromatic carbocycles. The summed E-state index contributed by atoms with van der Waals surface area (Å²) in [5.74, 6) is 2.22. The van der Waals surface area contributed by atoms with Crippen molar-refractivity contribution in [2.24, 2.45) is 7.05 Å². The zero-order valence-corrected chi connectivity index (χ0v) is 10.5. The number of hydrogen-bond donors (Lipinski definition) is 0. The molecule has 18 heavy (non-hydrogen) atoms. The molecule has 0 N–H and O–H groups in total. The second-order valence-electron chi connectivity index (χ2n) is 4.08. The molecule has 3 aromatic heterocycles. The number of methoxy groups -OCH3 is 1.